The molecule has 3 amide bonds. The highest BCUT2D eigenvalue weighted by Crippen LogP contribution is 2.23. The molecule has 0 fully saturated rings. The molecule has 4 N–H and O–H groups in total. The van der Waals surface area contributed by atoms with Gasteiger partial charge in [0.25, 0.3) is 0 Å². The average Bonchev–Trinajstić information content (AvgIpc) is 3.01. The van der Waals surface area contributed by atoms with Crippen LogP contribution < -0.4 is 21.2 Å². The minimum Gasteiger partial charge on any atom is -0.497 e. The lowest BCUT2D eigenvalue weighted by Gasteiger charge is -2.06. The van der Waals surface area contributed by atoms with Crippen molar-refractivity contribution in [3.63, 3.8) is 0 Å². The number of unbranched alkanes of at least 4 members (excludes halogenated alkanes) is 1. The van der Waals surface area contributed by atoms with E-state index in [2.05, 4.69) is 20.8 Å². The van der Waals surface area contributed by atoms with E-state index >= 15 is 0 Å². The van der Waals surface area contributed by atoms with Gasteiger partial charge in [0.05, 0.1) is 12.9 Å². The van der Waals surface area contributed by atoms with Gasteiger partial charge in [0.1, 0.15) is 5.75 Å². The highest BCUT2D eigenvalue weighted by molar-refractivity contribution is 7.99. The second-order valence-corrected chi connectivity index (χ2v) is 6.29. The van der Waals surface area contributed by atoms with Gasteiger partial charge in [0.2, 0.25) is 11.1 Å². The van der Waals surface area contributed by atoms with E-state index in [-0.39, 0.29) is 5.75 Å². The summed E-state index contributed by atoms with van der Waals surface area (Å²) in [5, 5.41) is 13.3. The zero-order valence-corrected chi connectivity index (χ0v) is 15.5. The summed E-state index contributed by atoms with van der Waals surface area (Å²) in [6, 6.07) is 6.71. The average molecular weight is 378 g/mol. The molecule has 0 aliphatic heterocycles. The summed E-state index contributed by atoms with van der Waals surface area (Å²) in [6.45, 7) is 2.55. The third-order valence-corrected chi connectivity index (χ3v) is 4.36. The molecule has 1 aromatic heterocycles. The normalized spacial score (nSPS) is 10.4. The lowest BCUT2D eigenvalue weighted by molar-refractivity contribution is -0.117. The number of imide groups is 1. The number of amides is 3. The van der Waals surface area contributed by atoms with Gasteiger partial charge in [-0.3, -0.25) is 10.1 Å². The lowest BCUT2D eigenvalue weighted by atomic mass is 10.2. The zero-order chi connectivity index (χ0) is 18.9. The van der Waals surface area contributed by atoms with E-state index in [1.54, 1.807) is 19.2 Å². The Hall–Kier alpha value is -2.75. The van der Waals surface area contributed by atoms with Gasteiger partial charge in [0.15, 0.2) is 5.82 Å². The summed E-state index contributed by atoms with van der Waals surface area (Å²) in [7, 11) is 1.59. The van der Waals surface area contributed by atoms with Crippen molar-refractivity contribution in [3.05, 3.63) is 24.3 Å². The number of nitrogens with zero attached hydrogens (tertiary/aromatic N) is 3. The SMILES string of the molecule is CCCCNC(=O)NC(=O)CSc1nnc(-c2ccc(OC)cc2)n1N. The first kappa shape index (κ1) is 19.6. The van der Waals surface area contributed by atoms with Gasteiger partial charge in [-0.05, 0) is 30.7 Å². The van der Waals surface area contributed by atoms with Crippen LogP contribution in [0.1, 0.15) is 19.8 Å². The third kappa shape index (κ3) is 5.38. The van der Waals surface area contributed by atoms with E-state index in [9.17, 15) is 9.59 Å². The van der Waals surface area contributed by atoms with Crippen LogP contribution in [0.5, 0.6) is 5.75 Å². The second kappa shape index (κ2) is 9.66. The summed E-state index contributed by atoms with van der Waals surface area (Å²) >= 11 is 1.10. The van der Waals surface area contributed by atoms with E-state index in [1.807, 2.05) is 19.1 Å². The lowest BCUT2D eigenvalue weighted by Crippen LogP contribution is -2.40. The van der Waals surface area contributed by atoms with Crippen LogP contribution in [0.25, 0.3) is 11.4 Å². The highest BCUT2D eigenvalue weighted by Gasteiger charge is 2.15. The number of carbonyl (C=O) groups is 2. The van der Waals surface area contributed by atoms with Gasteiger partial charge in [-0.1, -0.05) is 25.1 Å². The molecule has 1 heterocycles. The fourth-order valence-corrected chi connectivity index (χ4v) is 2.68. The smallest absolute Gasteiger partial charge is 0.321 e. The largest absolute Gasteiger partial charge is 0.497 e. The second-order valence-electron chi connectivity index (χ2n) is 5.35. The first-order chi connectivity index (χ1) is 12.5. The number of urea groups is 1. The number of rotatable bonds is 8. The van der Waals surface area contributed by atoms with Crippen LogP contribution in [0.4, 0.5) is 4.79 Å². The van der Waals surface area contributed by atoms with Crippen LogP contribution >= 0.6 is 11.8 Å². The Kier molecular flexibility index (Phi) is 7.27. The van der Waals surface area contributed by atoms with Crippen molar-refractivity contribution in [1.82, 2.24) is 25.5 Å². The number of hydrogen-bond acceptors (Lipinski definition) is 7. The molecule has 140 valence electrons. The van der Waals surface area contributed by atoms with Crippen molar-refractivity contribution >= 4 is 23.7 Å². The number of ether oxygens (including phenoxy) is 1. The summed E-state index contributed by atoms with van der Waals surface area (Å²) in [5.41, 5.74) is 0.771. The minimum atomic E-state index is -0.503. The fraction of sp³-hybridized carbons (Fsp3) is 0.375. The first-order valence-corrected chi connectivity index (χ1v) is 9.09. The van der Waals surface area contributed by atoms with Crippen molar-refractivity contribution in [2.24, 2.45) is 0 Å². The molecule has 1 aromatic carbocycles. The molecule has 0 radical (unpaired) electrons. The highest BCUT2D eigenvalue weighted by atomic mass is 32.2. The molecule has 0 aliphatic carbocycles. The third-order valence-electron chi connectivity index (χ3n) is 3.41. The fourth-order valence-electron chi connectivity index (χ4n) is 2.03. The number of benzene rings is 1. The molecule has 0 saturated heterocycles. The Morgan fingerprint density at radius 2 is 2.00 bits per heavy atom. The summed E-state index contributed by atoms with van der Waals surface area (Å²) in [4.78, 5) is 23.3. The topological polar surface area (TPSA) is 124 Å². The van der Waals surface area contributed by atoms with Crippen LogP contribution in [0.15, 0.2) is 29.4 Å². The monoisotopic (exact) mass is 378 g/mol. The molecule has 2 rings (SSSR count). The van der Waals surface area contributed by atoms with Gasteiger partial charge < -0.3 is 15.9 Å². The molecule has 10 heteroatoms. The number of nitrogens with two attached hydrogens (primary N) is 1. The van der Waals surface area contributed by atoms with Crippen molar-refractivity contribution in [3.8, 4) is 17.1 Å². The molecule has 0 spiro atoms. The number of carbonyl (C=O) groups excluding carboxylic acids is 2. The standard InChI is InChI=1S/C16H22N6O3S/c1-3-4-9-18-15(24)19-13(23)10-26-16-21-20-14(22(16)17)11-5-7-12(25-2)8-6-11/h5-8H,3-4,9-10,17H2,1-2H3,(H2,18,19,23,24). The van der Waals surface area contributed by atoms with E-state index in [1.165, 1.54) is 4.68 Å². The summed E-state index contributed by atoms with van der Waals surface area (Å²) in [6.07, 6.45) is 1.83. The molecule has 0 bridgehead atoms. The van der Waals surface area contributed by atoms with E-state index in [4.69, 9.17) is 10.6 Å². The minimum absolute atomic E-state index is 0.000850. The number of nitrogen functional groups attached to an aromatic ring is 1. The van der Waals surface area contributed by atoms with Crippen molar-refractivity contribution in [2.75, 3.05) is 25.3 Å². The van der Waals surface area contributed by atoms with Gasteiger partial charge in [0, 0.05) is 12.1 Å². The quantitative estimate of drug-likeness (QED) is 0.360. The van der Waals surface area contributed by atoms with Gasteiger partial charge >= 0.3 is 6.03 Å². The Balaban J connectivity index is 1.89. The summed E-state index contributed by atoms with van der Waals surface area (Å²) < 4.78 is 6.42. The number of thioether (sulfide) groups is 1. The maximum absolute atomic E-state index is 11.8. The number of hydrogen-bond donors (Lipinski definition) is 3. The van der Waals surface area contributed by atoms with Crippen molar-refractivity contribution in [1.29, 1.82) is 0 Å². The Bertz CT molecular complexity index is 747. The number of aromatic nitrogens is 3. The van der Waals surface area contributed by atoms with Crippen LogP contribution in [-0.2, 0) is 4.79 Å². The molecule has 0 aliphatic rings. The van der Waals surface area contributed by atoms with Gasteiger partial charge in [-0.2, -0.15) is 0 Å². The molecule has 2 aromatic rings. The van der Waals surface area contributed by atoms with Gasteiger partial charge in [-0.25, -0.2) is 9.47 Å². The predicted octanol–water partition coefficient (Wildman–Crippen LogP) is 1.39. The molecule has 26 heavy (non-hydrogen) atoms. The van der Waals surface area contributed by atoms with Crippen LogP contribution in [-0.4, -0.2) is 46.2 Å². The van der Waals surface area contributed by atoms with Crippen LogP contribution in [0.2, 0.25) is 0 Å². The Morgan fingerprint density at radius 3 is 2.65 bits per heavy atom. The molecular weight excluding hydrogens is 356 g/mol. The molecule has 0 unspecified atom stereocenters. The van der Waals surface area contributed by atoms with Gasteiger partial charge in [-0.15, -0.1) is 10.2 Å². The molecule has 0 saturated carbocycles. The zero-order valence-electron chi connectivity index (χ0n) is 14.7. The number of methoxy groups -OCH3 is 1. The van der Waals surface area contributed by atoms with E-state index < -0.39 is 11.9 Å². The van der Waals surface area contributed by atoms with E-state index in [0.717, 1.165) is 35.9 Å². The Labute approximate surface area is 155 Å². The Morgan fingerprint density at radius 1 is 1.27 bits per heavy atom. The van der Waals surface area contributed by atoms with Crippen molar-refractivity contribution < 1.29 is 14.3 Å². The van der Waals surface area contributed by atoms with E-state index in [0.29, 0.717) is 17.5 Å². The van der Waals surface area contributed by atoms with Crippen molar-refractivity contribution in [2.45, 2.75) is 24.9 Å². The van der Waals surface area contributed by atoms with Crippen LogP contribution in [0.3, 0.4) is 0 Å². The maximum Gasteiger partial charge on any atom is 0.321 e. The molecular formula is C16H22N6O3S. The number of nitrogens with one attached hydrogen (secondary N) is 2. The molecule has 0 atom stereocenters. The van der Waals surface area contributed by atoms with Crippen LogP contribution in [0, 0.1) is 0 Å². The predicted molar refractivity (Wildman–Crippen MR) is 99.3 cm³/mol. The summed E-state index contributed by atoms with van der Waals surface area (Å²) in [5.74, 6) is 6.76. The molecule has 9 nitrogen and oxygen atoms in total. The maximum atomic E-state index is 11.8. The first-order valence-electron chi connectivity index (χ1n) is 8.10.